The first-order valence-corrected chi connectivity index (χ1v) is 6.10. The molecule has 0 fully saturated rings. The summed E-state index contributed by atoms with van der Waals surface area (Å²) in [5, 5.41) is 8.74. The van der Waals surface area contributed by atoms with Crippen LogP contribution in [0.4, 0.5) is 4.39 Å². The summed E-state index contributed by atoms with van der Waals surface area (Å²) in [6.07, 6.45) is 1.82. The average Bonchev–Trinajstić information content (AvgIpc) is 2.27. The molecule has 0 bridgehead atoms. The molecule has 3 N–H and O–H groups in total. The predicted molar refractivity (Wildman–Crippen MR) is 64.0 cm³/mol. The standard InChI is InChI=1S/C11H14FNO3S/c1-16-10-6(4-8(13)11(14)15)3-7(12)5-9(10)17-2/h3,5,8H,4,13H2,1-2H3,(H,14,15). The van der Waals surface area contributed by atoms with Crippen molar-refractivity contribution in [3.8, 4) is 5.75 Å². The Labute approximate surface area is 103 Å². The number of methoxy groups -OCH3 is 1. The first-order chi connectivity index (χ1) is 7.99. The molecule has 0 radical (unpaired) electrons. The highest BCUT2D eigenvalue weighted by atomic mass is 32.2. The fourth-order valence-electron chi connectivity index (χ4n) is 1.48. The Morgan fingerprint density at radius 3 is 2.76 bits per heavy atom. The maximum atomic E-state index is 13.3. The molecule has 0 aromatic heterocycles. The van der Waals surface area contributed by atoms with Gasteiger partial charge in [0.25, 0.3) is 0 Å². The molecule has 1 aromatic carbocycles. The van der Waals surface area contributed by atoms with E-state index in [2.05, 4.69) is 0 Å². The third kappa shape index (κ3) is 3.34. The van der Waals surface area contributed by atoms with Gasteiger partial charge in [-0.05, 0) is 18.4 Å². The van der Waals surface area contributed by atoms with Crippen molar-refractivity contribution in [1.29, 1.82) is 0 Å². The van der Waals surface area contributed by atoms with Crippen molar-refractivity contribution in [2.24, 2.45) is 5.73 Å². The summed E-state index contributed by atoms with van der Waals surface area (Å²) in [7, 11) is 1.46. The zero-order valence-electron chi connectivity index (χ0n) is 9.57. The van der Waals surface area contributed by atoms with Crippen LogP contribution >= 0.6 is 11.8 Å². The van der Waals surface area contributed by atoms with Gasteiger partial charge < -0.3 is 15.6 Å². The SMILES string of the molecule is COc1c(CC(N)C(=O)O)cc(F)cc1SC. The van der Waals surface area contributed by atoms with Crippen molar-refractivity contribution in [1.82, 2.24) is 0 Å². The van der Waals surface area contributed by atoms with E-state index in [4.69, 9.17) is 15.6 Å². The van der Waals surface area contributed by atoms with Crippen molar-refractivity contribution in [2.45, 2.75) is 17.4 Å². The highest BCUT2D eigenvalue weighted by Gasteiger charge is 2.18. The Balaban J connectivity index is 3.12. The Kier molecular flexibility index (Phi) is 4.77. The number of rotatable bonds is 5. The zero-order chi connectivity index (χ0) is 13.0. The lowest BCUT2D eigenvalue weighted by Gasteiger charge is -2.14. The quantitative estimate of drug-likeness (QED) is 0.784. The molecule has 0 aliphatic rings. The number of carboxylic acid groups (broad SMARTS) is 1. The van der Waals surface area contributed by atoms with Gasteiger partial charge in [0.2, 0.25) is 0 Å². The fourth-order valence-corrected chi connectivity index (χ4v) is 2.11. The Morgan fingerprint density at radius 1 is 1.65 bits per heavy atom. The second-order valence-electron chi connectivity index (χ2n) is 3.45. The predicted octanol–water partition coefficient (Wildman–Crippen LogP) is 1.51. The van der Waals surface area contributed by atoms with Gasteiger partial charge in [-0.15, -0.1) is 11.8 Å². The van der Waals surface area contributed by atoms with Crippen LogP contribution in [0.25, 0.3) is 0 Å². The van der Waals surface area contributed by atoms with Crippen LogP contribution in [0, 0.1) is 5.82 Å². The number of aliphatic carboxylic acids is 1. The lowest BCUT2D eigenvalue weighted by atomic mass is 10.1. The lowest BCUT2D eigenvalue weighted by molar-refractivity contribution is -0.138. The molecule has 17 heavy (non-hydrogen) atoms. The van der Waals surface area contributed by atoms with E-state index < -0.39 is 17.8 Å². The monoisotopic (exact) mass is 259 g/mol. The van der Waals surface area contributed by atoms with Gasteiger partial charge in [0.05, 0.1) is 12.0 Å². The molecule has 1 rings (SSSR count). The van der Waals surface area contributed by atoms with Crippen LogP contribution in [-0.2, 0) is 11.2 Å². The summed E-state index contributed by atoms with van der Waals surface area (Å²) in [5.41, 5.74) is 5.89. The first kappa shape index (κ1) is 13.8. The van der Waals surface area contributed by atoms with E-state index >= 15 is 0 Å². The largest absolute Gasteiger partial charge is 0.495 e. The van der Waals surface area contributed by atoms with Crippen LogP contribution in [-0.4, -0.2) is 30.5 Å². The van der Waals surface area contributed by atoms with Crippen molar-refractivity contribution in [3.05, 3.63) is 23.5 Å². The number of thioether (sulfide) groups is 1. The van der Waals surface area contributed by atoms with Crippen LogP contribution in [0.15, 0.2) is 17.0 Å². The van der Waals surface area contributed by atoms with E-state index in [-0.39, 0.29) is 6.42 Å². The summed E-state index contributed by atoms with van der Waals surface area (Å²) in [6.45, 7) is 0. The maximum absolute atomic E-state index is 13.3. The van der Waals surface area contributed by atoms with Gasteiger partial charge in [-0.1, -0.05) is 0 Å². The normalized spacial score (nSPS) is 12.2. The van der Waals surface area contributed by atoms with Crippen LogP contribution in [0.5, 0.6) is 5.75 Å². The summed E-state index contributed by atoms with van der Waals surface area (Å²) in [5.74, 6) is -1.07. The molecule has 0 heterocycles. The van der Waals surface area contributed by atoms with Crippen LogP contribution in [0.3, 0.4) is 0 Å². The molecule has 0 spiro atoms. The van der Waals surface area contributed by atoms with Gasteiger partial charge in [-0.3, -0.25) is 4.79 Å². The number of hydrogen-bond donors (Lipinski definition) is 2. The molecule has 1 atom stereocenters. The highest BCUT2D eigenvalue weighted by Crippen LogP contribution is 2.32. The molecule has 94 valence electrons. The maximum Gasteiger partial charge on any atom is 0.320 e. The Hall–Kier alpha value is -1.27. The molecule has 0 aliphatic carbocycles. The van der Waals surface area contributed by atoms with Crippen LogP contribution < -0.4 is 10.5 Å². The molecule has 0 saturated carbocycles. The van der Waals surface area contributed by atoms with E-state index in [1.54, 1.807) is 6.26 Å². The third-order valence-electron chi connectivity index (χ3n) is 2.28. The molecule has 0 amide bonds. The minimum absolute atomic E-state index is 0.0316. The van der Waals surface area contributed by atoms with E-state index in [1.165, 1.54) is 31.0 Å². The molecular weight excluding hydrogens is 245 g/mol. The number of nitrogens with two attached hydrogens (primary N) is 1. The van der Waals surface area contributed by atoms with Crippen molar-refractivity contribution >= 4 is 17.7 Å². The van der Waals surface area contributed by atoms with E-state index in [0.717, 1.165) is 0 Å². The molecule has 1 aromatic rings. The number of benzene rings is 1. The molecule has 4 nitrogen and oxygen atoms in total. The smallest absolute Gasteiger partial charge is 0.320 e. The van der Waals surface area contributed by atoms with Crippen molar-refractivity contribution in [3.63, 3.8) is 0 Å². The number of hydrogen-bond acceptors (Lipinski definition) is 4. The zero-order valence-corrected chi connectivity index (χ0v) is 10.4. The van der Waals surface area contributed by atoms with Crippen molar-refractivity contribution in [2.75, 3.05) is 13.4 Å². The molecule has 0 aliphatic heterocycles. The minimum Gasteiger partial charge on any atom is -0.495 e. The number of halogens is 1. The number of carbonyl (C=O) groups is 1. The van der Waals surface area contributed by atoms with Gasteiger partial charge in [0.1, 0.15) is 17.6 Å². The molecule has 1 unspecified atom stereocenters. The summed E-state index contributed by atoms with van der Waals surface area (Å²) >= 11 is 1.33. The summed E-state index contributed by atoms with van der Waals surface area (Å²) in [6, 6.07) is 1.53. The molecular formula is C11H14FNO3S. The second kappa shape index (κ2) is 5.88. The van der Waals surface area contributed by atoms with Crippen LogP contribution in [0.1, 0.15) is 5.56 Å². The molecule has 0 saturated heterocycles. The van der Waals surface area contributed by atoms with E-state index in [9.17, 15) is 9.18 Å². The van der Waals surface area contributed by atoms with Gasteiger partial charge >= 0.3 is 5.97 Å². The van der Waals surface area contributed by atoms with Gasteiger partial charge in [-0.25, -0.2) is 4.39 Å². The van der Waals surface area contributed by atoms with Crippen molar-refractivity contribution < 1.29 is 19.0 Å². The van der Waals surface area contributed by atoms with Gasteiger partial charge in [-0.2, -0.15) is 0 Å². The van der Waals surface area contributed by atoms with Gasteiger partial charge in [0.15, 0.2) is 0 Å². The first-order valence-electron chi connectivity index (χ1n) is 4.88. The summed E-state index contributed by atoms with van der Waals surface area (Å²) in [4.78, 5) is 11.3. The minimum atomic E-state index is -1.12. The highest BCUT2D eigenvalue weighted by molar-refractivity contribution is 7.98. The van der Waals surface area contributed by atoms with E-state index in [1.807, 2.05) is 0 Å². The Bertz CT molecular complexity index is 425. The van der Waals surface area contributed by atoms with Gasteiger partial charge in [0, 0.05) is 12.0 Å². The fraction of sp³-hybridized carbons (Fsp3) is 0.364. The number of carboxylic acids is 1. The second-order valence-corrected chi connectivity index (χ2v) is 4.30. The Morgan fingerprint density at radius 2 is 2.29 bits per heavy atom. The molecule has 6 heteroatoms. The number of ether oxygens (including phenoxy) is 1. The topological polar surface area (TPSA) is 72.5 Å². The summed E-state index contributed by atoms with van der Waals surface area (Å²) < 4.78 is 18.5. The third-order valence-corrected chi connectivity index (χ3v) is 3.02. The average molecular weight is 259 g/mol. The van der Waals surface area contributed by atoms with Crippen LogP contribution in [0.2, 0.25) is 0 Å². The lowest BCUT2D eigenvalue weighted by Crippen LogP contribution is -2.32. The van der Waals surface area contributed by atoms with E-state index in [0.29, 0.717) is 16.2 Å².